The fourth-order valence-corrected chi connectivity index (χ4v) is 6.07. The molecule has 3 heterocycles. The predicted molar refractivity (Wildman–Crippen MR) is 123 cm³/mol. The van der Waals surface area contributed by atoms with Gasteiger partial charge in [0.15, 0.2) is 11.5 Å². The zero-order chi connectivity index (χ0) is 20.9. The molecule has 0 N–H and O–H groups in total. The van der Waals surface area contributed by atoms with E-state index in [-0.39, 0.29) is 11.9 Å². The first kappa shape index (κ1) is 19.1. The molecule has 0 saturated heterocycles. The number of pyridine rings is 1. The van der Waals surface area contributed by atoms with Gasteiger partial charge in [0.1, 0.15) is 18.5 Å². The Hall–Kier alpha value is -2.66. The van der Waals surface area contributed by atoms with E-state index in [0.717, 1.165) is 59.2 Å². The minimum Gasteiger partial charge on any atom is -0.486 e. The van der Waals surface area contributed by atoms with Crippen LogP contribution < -0.4 is 9.47 Å². The molecule has 2 aromatic carbocycles. The Labute approximate surface area is 184 Å². The smallest absolute Gasteiger partial charge is 0.171 e. The van der Waals surface area contributed by atoms with E-state index in [1.54, 1.807) is 12.1 Å². The van der Waals surface area contributed by atoms with Crippen LogP contribution in [0.2, 0.25) is 0 Å². The molecule has 0 amide bonds. The molecular weight excluding hydrogens is 409 g/mol. The highest BCUT2D eigenvalue weighted by molar-refractivity contribution is 7.19. The topological polar surface area (TPSA) is 31.4 Å². The number of thiophene rings is 1. The van der Waals surface area contributed by atoms with Gasteiger partial charge in [-0.3, -0.25) is 4.98 Å². The van der Waals surface area contributed by atoms with Gasteiger partial charge >= 0.3 is 0 Å². The van der Waals surface area contributed by atoms with Gasteiger partial charge in [-0.05, 0) is 91.9 Å². The van der Waals surface area contributed by atoms with E-state index in [1.165, 1.54) is 15.1 Å². The maximum Gasteiger partial charge on any atom is 0.171 e. The largest absolute Gasteiger partial charge is 0.486 e. The van der Waals surface area contributed by atoms with Crippen molar-refractivity contribution in [3.8, 4) is 11.5 Å². The molecule has 2 aliphatic rings. The molecule has 1 aliphatic heterocycles. The molecule has 0 unspecified atom stereocenters. The zero-order valence-electron chi connectivity index (χ0n) is 17.4. The fourth-order valence-electron chi connectivity index (χ4n) is 4.84. The number of aryl methyl sites for hydroxylation is 2. The monoisotopic (exact) mass is 432 g/mol. The van der Waals surface area contributed by atoms with Crippen molar-refractivity contribution in [2.45, 2.75) is 38.7 Å². The highest BCUT2D eigenvalue weighted by Gasteiger charge is 2.27. The minimum absolute atomic E-state index is 0.0718. The first-order chi connectivity index (χ1) is 15.1. The molecule has 0 bridgehead atoms. The molecule has 1 radical (unpaired) electrons. The summed E-state index contributed by atoms with van der Waals surface area (Å²) in [5.41, 5.74) is 3.27. The Balaban J connectivity index is 1.17. The number of hydrogen-bond donors (Lipinski definition) is 0. The molecular formula is C26H23FNO2S. The lowest BCUT2D eigenvalue weighted by molar-refractivity contribution is 0.110. The van der Waals surface area contributed by atoms with Crippen LogP contribution in [0.1, 0.15) is 29.0 Å². The summed E-state index contributed by atoms with van der Waals surface area (Å²) in [4.78, 5) is 6.03. The lowest BCUT2D eigenvalue weighted by Crippen LogP contribution is -2.30. The number of fused-ring (bicyclic) bond motifs is 6. The summed E-state index contributed by atoms with van der Waals surface area (Å²) >= 11 is 1.82. The van der Waals surface area contributed by atoms with Crippen LogP contribution in [0.25, 0.3) is 21.0 Å². The average molecular weight is 433 g/mol. The maximum atomic E-state index is 13.8. The van der Waals surface area contributed by atoms with Gasteiger partial charge in [-0.25, -0.2) is 4.39 Å². The number of rotatable bonds is 3. The average Bonchev–Trinajstić information content (AvgIpc) is 3.14. The van der Waals surface area contributed by atoms with E-state index in [2.05, 4.69) is 17.5 Å². The Bertz CT molecular complexity index is 1300. The predicted octanol–water partition coefficient (Wildman–Crippen LogP) is 6.44. The van der Waals surface area contributed by atoms with Crippen molar-refractivity contribution in [2.24, 2.45) is 5.92 Å². The van der Waals surface area contributed by atoms with Gasteiger partial charge < -0.3 is 9.47 Å². The minimum atomic E-state index is -0.148. The van der Waals surface area contributed by atoms with Gasteiger partial charge in [0, 0.05) is 27.1 Å². The number of halogens is 1. The van der Waals surface area contributed by atoms with Gasteiger partial charge in [-0.1, -0.05) is 0 Å². The highest BCUT2D eigenvalue weighted by atomic mass is 32.1. The van der Waals surface area contributed by atoms with Crippen LogP contribution in [-0.2, 0) is 12.8 Å². The van der Waals surface area contributed by atoms with Crippen molar-refractivity contribution in [1.82, 2.24) is 4.98 Å². The third-order valence-corrected chi connectivity index (χ3v) is 7.71. The number of ether oxygens (including phenoxy) is 2. The van der Waals surface area contributed by atoms with Gasteiger partial charge in [-0.15, -0.1) is 11.3 Å². The van der Waals surface area contributed by atoms with Crippen molar-refractivity contribution in [1.29, 1.82) is 0 Å². The van der Waals surface area contributed by atoms with Crippen LogP contribution in [-0.4, -0.2) is 17.7 Å². The zero-order valence-corrected chi connectivity index (χ0v) is 18.2. The standard InChI is InChI=1S/C26H23FNO2S/c1-15-2-7-19-22(28-15)8-9-23-26(19)30-18(14-29-23)6-3-16-4-10-24-20(12-16)21-13-17(27)5-11-25(21)31-24/h2,5-9,11,13,16,18H,3-4,10,12,14H2,1H3/t16-,18+/m1/s1. The quantitative estimate of drug-likeness (QED) is 0.373. The molecule has 2 aromatic heterocycles. The van der Waals surface area contributed by atoms with Crippen molar-refractivity contribution in [2.75, 3.05) is 6.61 Å². The van der Waals surface area contributed by atoms with E-state index in [1.807, 2.05) is 42.5 Å². The van der Waals surface area contributed by atoms with Crippen LogP contribution in [0.5, 0.6) is 11.5 Å². The van der Waals surface area contributed by atoms with Crippen LogP contribution >= 0.6 is 11.3 Å². The second kappa shape index (κ2) is 7.49. The van der Waals surface area contributed by atoms with E-state index in [9.17, 15) is 4.39 Å². The molecule has 0 saturated carbocycles. The fraction of sp³-hybridized carbons (Fsp3) is 0.308. The Kier molecular flexibility index (Phi) is 4.60. The van der Waals surface area contributed by atoms with Crippen LogP contribution in [0.15, 0.2) is 42.5 Å². The van der Waals surface area contributed by atoms with E-state index >= 15 is 0 Å². The summed E-state index contributed by atoms with van der Waals surface area (Å²) in [5.74, 6) is 1.99. The van der Waals surface area contributed by atoms with Crippen LogP contribution in [0.4, 0.5) is 4.39 Å². The third kappa shape index (κ3) is 3.45. The van der Waals surface area contributed by atoms with Gasteiger partial charge in [-0.2, -0.15) is 0 Å². The number of nitrogens with zero attached hydrogens (tertiary/aromatic N) is 1. The second-order valence-corrected chi connectivity index (χ2v) is 9.74. The van der Waals surface area contributed by atoms with E-state index in [0.29, 0.717) is 12.5 Å². The third-order valence-electron chi connectivity index (χ3n) is 6.44. The summed E-state index contributed by atoms with van der Waals surface area (Å²) in [6.45, 7) is 2.52. The number of benzene rings is 2. The molecule has 1 aliphatic carbocycles. The molecule has 2 atom stereocenters. The van der Waals surface area contributed by atoms with Crippen LogP contribution in [0.3, 0.4) is 0 Å². The Morgan fingerprint density at radius 2 is 2.10 bits per heavy atom. The number of hydrogen-bond acceptors (Lipinski definition) is 4. The highest BCUT2D eigenvalue weighted by Crippen LogP contribution is 2.41. The molecule has 3 nitrogen and oxygen atoms in total. The summed E-state index contributed by atoms with van der Waals surface area (Å²) in [6, 6.07) is 13.2. The molecule has 157 valence electrons. The van der Waals surface area contributed by atoms with E-state index < -0.39 is 0 Å². The van der Waals surface area contributed by atoms with Crippen molar-refractivity contribution >= 4 is 32.3 Å². The Morgan fingerprint density at radius 1 is 1.16 bits per heavy atom. The SMILES string of the molecule is Cc1ccc2c3c(ccc2n1)OC[C@H]([CH]C[C@@H]1CCc2sc4ccc(F)cc4c2C1)O3. The number of aromatic nitrogens is 1. The van der Waals surface area contributed by atoms with Gasteiger partial charge in [0.25, 0.3) is 0 Å². The Morgan fingerprint density at radius 3 is 3.03 bits per heavy atom. The normalized spacial score (nSPS) is 20.2. The summed E-state index contributed by atoms with van der Waals surface area (Å²) in [6.07, 6.45) is 6.40. The second-order valence-electron chi connectivity index (χ2n) is 8.60. The molecule has 6 rings (SSSR count). The van der Waals surface area contributed by atoms with Crippen molar-refractivity contribution < 1.29 is 13.9 Å². The van der Waals surface area contributed by atoms with Crippen LogP contribution in [0, 0.1) is 25.1 Å². The first-order valence-electron chi connectivity index (χ1n) is 10.9. The lowest BCUT2D eigenvalue weighted by Gasteiger charge is -2.29. The maximum absolute atomic E-state index is 13.8. The molecule has 0 fully saturated rings. The summed E-state index contributed by atoms with van der Waals surface area (Å²) in [7, 11) is 0. The molecule has 0 spiro atoms. The first-order valence-corrected chi connectivity index (χ1v) is 11.7. The van der Waals surface area contributed by atoms with Gasteiger partial charge in [0.05, 0.1) is 5.52 Å². The molecule has 31 heavy (non-hydrogen) atoms. The van der Waals surface area contributed by atoms with E-state index in [4.69, 9.17) is 9.47 Å². The van der Waals surface area contributed by atoms with Gasteiger partial charge in [0.2, 0.25) is 0 Å². The lowest BCUT2D eigenvalue weighted by atomic mass is 9.83. The molecule has 5 heteroatoms. The summed E-state index contributed by atoms with van der Waals surface area (Å²) < 4.78 is 27.3. The summed E-state index contributed by atoms with van der Waals surface area (Å²) in [5, 5.41) is 2.10. The molecule has 4 aromatic rings. The van der Waals surface area contributed by atoms with Crippen molar-refractivity contribution in [3.05, 3.63) is 70.8 Å². The van der Waals surface area contributed by atoms with Crippen molar-refractivity contribution in [3.63, 3.8) is 0 Å².